The number of nitrogens with one attached hydrogen (secondary N) is 1. The fourth-order valence-electron chi connectivity index (χ4n) is 2.51. The van der Waals surface area contributed by atoms with Crippen molar-refractivity contribution in [3.63, 3.8) is 0 Å². The van der Waals surface area contributed by atoms with E-state index in [0.29, 0.717) is 5.92 Å². The maximum atomic E-state index is 4.29. The van der Waals surface area contributed by atoms with E-state index in [-0.39, 0.29) is 0 Å². The van der Waals surface area contributed by atoms with Crippen LogP contribution in [0.25, 0.3) is 0 Å². The summed E-state index contributed by atoms with van der Waals surface area (Å²) in [7, 11) is 2.19. The third-order valence-corrected chi connectivity index (χ3v) is 3.95. The van der Waals surface area contributed by atoms with E-state index in [0.717, 1.165) is 31.5 Å². The summed E-state index contributed by atoms with van der Waals surface area (Å²) in [6, 6.07) is 2.13. The van der Waals surface area contributed by atoms with Gasteiger partial charge in [0.25, 0.3) is 0 Å². The van der Waals surface area contributed by atoms with Crippen molar-refractivity contribution in [3.8, 4) is 0 Å². The Labute approximate surface area is 117 Å². The van der Waals surface area contributed by atoms with Crippen LogP contribution in [0.3, 0.4) is 0 Å². The summed E-state index contributed by atoms with van der Waals surface area (Å²) < 4.78 is 0. The first-order valence-electron chi connectivity index (χ1n) is 7.42. The van der Waals surface area contributed by atoms with E-state index in [2.05, 4.69) is 49.1 Å². The highest BCUT2D eigenvalue weighted by Crippen LogP contribution is 2.38. The molecule has 2 atom stereocenters. The number of hydrogen-bond acceptors (Lipinski definition) is 3. The van der Waals surface area contributed by atoms with Crippen molar-refractivity contribution in [2.45, 2.75) is 33.7 Å². The molecule has 1 aromatic heterocycles. The molecule has 0 aliphatic heterocycles. The van der Waals surface area contributed by atoms with Gasteiger partial charge in [-0.15, -0.1) is 0 Å². The van der Waals surface area contributed by atoms with Crippen LogP contribution >= 0.6 is 0 Å². The van der Waals surface area contributed by atoms with E-state index in [9.17, 15) is 0 Å². The Morgan fingerprint density at radius 2 is 2.21 bits per heavy atom. The molecule has 3 nitrogen and oxygen atoms in total. The second-order valence-electron chi connectivity index (χ2n) is 6.38. The van der Waals surface area contributed by atoms with Gasteiger partial charge in [0, 0.05) is 26.3 Å². The summed E-state index contributed by atoms with van der Waals surface area (Å²) in [6.45, 7) is 9.96. The van der Waals surface area contributed by atoms with Gasteiger partial charge in [0.1, 0.15) is 0 Å². The summed E-state index contributed by atoms with van der Waals surface area (Å²) in [4.78, 5) is 6.66. The fourth-order valence-corrected chi connectivity index (χ4v) is 2.51. The highest BCUT2D eigenvalue weighted by atomic mass is 15.1. The van der Waals surface area contributed by atoms with Gasteiger partial charge in [0.05, 0.1) is 11.9 Å². The third-order valence-electron chi connectivity index (χ3n) is 3.95. The minimum absolute atomic E-state index is 0.690. The van der Waals surface area contributed by atoms with Gasteiger partial charge in [-0.1, -0.05) is 20.8 Å². The summed E-state index contributed by atoms with van der Waals surface area (Å²) in [5, 5.41) is 3.52. The fraction of sp³-hybridized carbons (Fsp3) is 0.688. The average molecular weight is 261 g/mol. The molecular weight excluding hydrogens is 234 g/mol. The van der Waals surface area contributed by atoms with E-state index in [1.165, 1.54) is 17.7 Å². The van der Waals surface area contributed by atoms with E-state index >= 15 is 0 Å². The Kier molecular flexibility index (Phi) is 4.81. The smallest absolute Gasteiger partial charge is 0.0595 e. The molecule has 1 fully saturated rings. The minimum atomic E-state index is 0.690. The predicted molar refractivity (Wildman–Crippen MR) is 81.3 cm³/mol. The van der Waals surface area contributed by atoms with Crippen LogP contribution in [-0.4, -0.2) is 25.1 Å². The molecule has 0 saturated heterocycles. The Morgan fingerprint density at radius 3 is 2.84 bits per heavy atom. The average Bonchev–Trinajstić information content (AvgIpc) is 3.05. The molecule has 1 saturated carbocycles. The molecule has 1 heterocycles. The van der Waals surface area contributed by atoms with Crippen LogP contribution in [0.5, 0.6) is 0 Å². The van der Waals surface area contributed by atoms with Crippen LogP contribution in [0.15, 0.2) is 18.5 Å². The van der Waals surface area contributed by atoms with Gasteiger partial charge in [-0.2, -0.15) is 0 Å². The summed E-state index contributed by atoms with van der Waals surface area (Å²) in [6.07, 6.45) is 5.27. The third kappa shape index (κ3) is 4.20. The molecule has 1 aliphatic carbocycles. The lowest BCUT2D eigenvalue weighted by Gasteiger charge is -2.22. The molecule has 106 valence electrons. The number of rotatable bonds is 7. The number of nitrogens with zero attached hydrogens (tertiary/aromatic N) is 2. The van der Waals surface area contributed by atoms with Crippen LogP contribution in [0.4, 0.5) is 5.69 Å². The Balaban J connectivity index is 1.94. The van der Waals surface area contributed by atoms with Gasteiger partial charge in [-0.3, -0.25) is 4.98 Å². The van der Waals surface area contributed by atoms with Crippen LogP contribution in [0, 0.1) is 17.8 Å². The Bertz CT molecular complexity index is 403. The molecule has 0 bridgehead atoms. The van der Waals surface area contributed by atoms with Crippen LogP contribution in [0.1, 0.15) is 32.8 Å². The zero-order chi connectivity index (χ0) is 13.8. The van der Waals surface area contributed by atoms with Crippen molar-refractivity contribution < 1.29 is 0 Å². The number of hydrogen-bond donors (Lipinski definition) is 1. The van der Waals surface area contributed by atoms with E-state index in [1.807, 2.05) is 12.4 Å². The summed E-state index contributed by atoms with van der Waals surface area (Å²) >= 11 is 0. The van der Waals surface area contributed by atoms with Gasteiger partial charge < -0.3 is 10.2 Å². The topological polar surface area (TPSA) is 28.2 Å². The molecule has 2 unspecified atom stereocenters. The van der Waals surface area contributed by atoms with E-state index < -0.39 is 0 Å². The molecule has 0 spiro atoms. The Hall–Kier alpha value is -1.09. The number of pyridine rings is 1. The van der Waals surface area contributed by atoms with Gasteiger partial charge in [-0.25, -0.2) is 0 Å². The van der Waals surface area contributed by atoms with Crippen molar-refractivity contribution >= 4 is 5.69 Å². The zero-order valence-corrected chi connectivity index (χ0v) is 12.7. The quantitative estimate of drug-likeness (QED) is 0.818. The Morgan fingerprint density at radius 1 is 1.47 bits per heavy atom. The normalized spacial score (nSPS) is 21.7. The molecule has 1 aromatic rings. The molecule has 1 aliphatic rings. The van der Waals surface area contributed by atoms with Gasteiger partial charge in [-0.05, 0) is 42.3 Å². The summed E-state index contributed by atoms with van der Waals surface area (Å²) in [5.74, 6) is 2.47. The lowest BCUT2D eigenvalue weighted by Crippen LogP contribution is -2.25. The highest BCUT2D eigenvalue weighted by Gasteiger charge is 2.33. The first-order chi connectivity index (χ1) is 9.08. The monoisotopic (exact) mass is 261 g/mol. The molecule has 19 heavy (non-hydrogen) atoms. The maximum Gasteiger partial charge on any atom is 0.0595 e. The molecule has 1 N–H and O–H groups in total. The molecule has 0 amide bonds. The lowest BCUT2D eigenvalue weighted by atomic mass is 10.1. The van der Waals surface area contributed by atoms with Crippen molar-refractivity contribution in [1.29, 1.82) is 0 Å². The SMILES string of the molecule is CC(C)CNCc1ccncc1N(C)CC1CC1C. The molecule has 0 aromatic carbocycles. The van der Waals surface area contributed by atoms with E-state index in [4.69, 9.17) is 0 Å². The second kappa shape index (κ2) is 6.38. The van der Waals surface area contributed by atoms with Crippen molar-refractivity contribution in [2.24, 2.45) is 17.8 Å². The molecule has 2 rings (SSSR count). The first-order valence-corrected chi connectivity index (χ1v) is 7.42. The minimum Gasteiger partial charge on any atom is -0.373 e. The number of aromatic nitrogens is 1. The van der Waals surface area contributed by atoms with Gasteiger partial charge >= 0.3 is 0 Å². The molecule has 0 radical (unpaired) electrons. The predicted octanol–water partition coefficient (Wildman–Crippen LogP) is 2.92. The van der Waals surface area contributed by atoms with Crippen molar-refractivity contribution in [1.82, 2.24) is 10.3 Å². The largest absolute Gasteiger partial charge is 0.373 e. The van der Waals surface area contributed by atoms with Crippen LogP contribution in [0.2, 0.25) is 0 Å². The van der Waals surface area contributed by atoms with Crippen molar-refractivity contribution in [2.75, 3.05) is 25.0 Å². The number of anilines is 1. The molecule has 3 heteroatoms. The standard InChI is InChI=1S/C16H27N3/c1-12(2)8-18-9-14-5-6-17-10-16(14)19(4)11-15-7-13(15)3/h5-6,10,12-13,15,18H,7-9,11H2,1-4H3. The van der Waals surface area contributed by atoms with Crippen LogP contribution in [-0.2, 0) is 6.54 Å². The highest BCUT2D eigenvalue weighted by molar-refractivity contribution is 5.51. The van der Waals surface area contributed by atoms with Crippen molar-refractivity contribution in [3.05, 3.63) is 24.0 Å². The van der Waals surface area contributed by atoms with E-state index in [1.54, 1.807) is 0 Å². The zero-order valence-electron chi connectivity index (χ0n) is 12.7. The summed E-state index contributed by atoms with van der Waals surface area (Å²) in [5.41, 5.74) is 2.63. The van der Waals surface area contributed by atoms with Gasteiger partial charge in [0.15, 0.2) is 0 Å². The maximum absolute atomic E-state index is 4.29. The van der Waals surface area contributed by atoms with Gasteiger partial charge in [0.2, 0.25) is 0 Å². The first kappa shape index (κ1) is 14.3. The molecular formula is C16H27N3. The van der Waals surface area contributed by atoms with Crippen LogP contribution < -0.4 is 10.2 Å². The lowest BCUT2D eigenvalue weighted by molar-refractivity contribution is 0.551. The second-order valence-corrected chi connectivity index (χ2v) is 6.38.